The monoisotopic (exact) mass is 379 g/mol. The van der Waals surface area contributed by atoms with E-state index >= 15 is 0 Å². The van der Waals surface area contributed by atoms with Crippen LogP contribution in [0.2, 0.25) is 0 Å². The predicted octanol–water partition coefficient (Wildman–Crippen LogP) is 3.74. The van der Waals surface area contributed by atoms with Crippen molar-refractivity contribution in [3.8, 4) is 0 Å². The first-order valence-corrected chi connectivity index (χ1v) is 10.5. The highest BCUT2D eigenvalue weighted by Gasteiger charge is 2.22. The summed E-state index contributed by atoms with van der Waals surface area (Å²) in [6.07, 6.45) is 6.61. The van der Waals surface area contributed by atoms with Crippen molar-refractivity contribution in [1.82, 2.24) is 14.8 Å². The molecule has 150 valence electrons. The molecule has 4 nitrogen and oxygen atoms in total. The summed E-state index contributed by atoms with van der Waals surface area (Å²) in [5, 5.41) is 0. The van der Waals surface area contributed by atoms with Crippen molar-refractivity contribution in [3.05, 3.63) is 65.5 Å². The zero-order chi connectivity index (χ0) is 19.8. The van der Waals surface area contributed by atoms with Crippen LogP contribution >= 0.6 is 0 Å². The minimum absolute atomic E-state index is 0.225. The third-order valence-corrected chi connectivity index (χ3v) is 5.84. The fraction of sp³-hybridized carbons (Fsp3) is 0.500. The number of rotatable bonds is 8. The summed E-state index contributed by atoms with van der Waals surface area (Å²) < 4.78 is 0. The van der Waals surface area contributed by atoms with Crippen LogP contribution in [0.15, 0.2) is 48.7 Å². The minimum atomic E-state index is 0.225. The molecule has 0 radical (unpaired) electrons. The second-order valence-electron chi connectivity index (χ2n) is 8.08. The second kappa shape index (κ2) is 10.4. The number of likely N-dealkylation sites (tertiary alicyclic amines) is 1. The van der Waals surface area contributed by atoms with E-state index in [0.29, 0.717) is 12.3 Å². The zero-order valence-electron chi connectivity index (χ0n) is 17.3. The third-order valence-electron chi connectivity index (χ3n) is 5.84. The molecule has 28 heavy (non-hydrogen) atoms. The molecule has 2 heterocycles. The molecule has 3 rings (SSSR count). The summed E-state index contributed by atoms with van der Waals surface area (Å²) in [5.74, 6) is 0.803. The Kier molecular flexibility index (Phi) is 7.61. The van der Waals surface area contributed by atoms with Crippen molar-refractivity contribution >= 4 is 5.91 Å². The Morgan fingerprint density at radius 3 is 2.79 bits per heavy atom. The zero-order valence-corrected chi connectivity index (χ0v) is 17.3. The number of carbonyl (C=O) groups excluding carboxylic acids is 1. The Morgan fingerprint density at radius 2 is 2.00 bits per heavy atom. The molecule has 1 amide bonds. The normalized spacial score (nSPS) is 17.4. The molecule has 1 aliphatic heterocycles. The smallest absolute Gasteiger partial charge is 0.222 e. The van der Waals surface area contributed by atoms with E-state index in [0.717, 1.165) is 38.2 Å². The molecule has 0 unspecified atom stereocenters. The van der Waals surface area contributed by atoms with Crippen LogP contribution < -0.4 is 0 Å². The lowest BCUT2D eigenvalue weighted by Crippen LogP contribution is -2.42. The fourth-order valence-electron chi connectivity index (χ4n) is 4.13. The number of hydrogen-bond acceptors (Lipinski definition) is 3. The Labute approximate surface area is 169 Å². The maximum Gasteiger partial charge on any atom is 0.222 e. The van der Waals surface area contributed by atoms with Gasteiger partial charge in [-0.2, -0.15) is 0 Å². The van der Waals surface area contributed by atoms with E-state index in [4.69, 9.17) is 0 Å². The maximum atomic E-state index is 12.5. The van der Waals surface area contributed by atoms with Gasteiger partial charge in [-0.1, -0.05) is 30.3 Å². The molecule has 0 aliphatic carbocycles. The van der Waals surface area contributed by atoms with Gasteiger partial charge in [-0.25, -0.2) is 0 Å². The molecule has 1 fully saturated rings. The van der Waals surface area contributed by atoms with Crippen LogP contribution in [-0.2, 0) is 17.6 Å². The molecule has 1 saturated heterocycles. The van der Waals surface area contributed by atoms with Crippen molar-refractivity contribution in [3.63, 3.8) is 0 Å². The molecule has 4 heteroatoms. The van der Waals surface area contributed by atoms with E-state index in [1.807, 2.05) is 30.1 Å². The molecule has 0 bridgehead atoms. The number of hydrogen-bond donors (Lipinski definition) is 0. The van der Waals surface area contributed by atoms with Crippen LogP contribution in [0.1, 0.15) is 36.1 Å². The molecule has 1 aromatic heterocycles. The van der Waals surface area contributed by atoms with Gasteiger partial charge in [0.25, 0.3) is 0 Å². The highest BCUT2D eigenvalue weighted by molar-refractivity contribution is 5.76. The van der Waals surface area contributed by atoms with Crippen LogP contribution in [0.3, 0.4) is 0 Å². The summed E-state index contributed by atoms with van der Waals surface area (Å²) in [4.78, 5) is 21.3. The molecule has 1 aromatic carbocycles. The molecule has 2 aromatic rings. The number of amides is 1. The number of piperidine rings is 1. The van der Waals surface area contributed by atoms with Gasteiger partial charge in [-0.15, -0.1) is 0 Å². The van der Waals surface area contributed by atoms with Crippen LogP contribution in [-0.4, -0.2) is 53.9 Å². The first kappa shape index (κ1) is 20.5. The van der Waals surface area contributed by atoms with Gasteiger partial charge in [0.15, 0.2) is 0 Å². The molecule has 1 atom stereocenters. The second-order valence-corrected chi connectivity index (χ2v) is 8.08. The summed E-state index contributed by atoms with van der Waals surface area (Å²) >= 11 is 0. The van der Waals surface area contributed by atoms with Crippen molar-refractivity contribution in [2.24, 2.45) is 5.92 Å². The highest BCUT2D eigenvalue weighted by atomic mass is 16.2. The Balaban J connectivity index is 1.42. The van der Waals surface area contributed by atoms with Crippen molar-refractivity contribution < 1.29 is 4.79 Å². The molecule has 0 spiro atoms. The number of pyridine rings is 1. The predicted molar refractivity (Wildman–Crippen MR) is 114 cm³/mol. The quantitative estimate of drug-likeness (QED) is 0.701. The van der Waals surface area contributed by atoms with Crippen LogP contribution in [0.4, 0.5) is 0 Å². The Bertz CT molecular complexity index is 747. The number of aromatic nitrogens is 1. The lowest BCUT2D eigenvalue weighted by molar-refractivity contribution is -0.130. The van der Waals surface area contributed by atoms with Crippen molar-refractivity contribution in [1.29, 1.82) is 0 Å². The van der Waals surface area contributed by atoms with E-state index in [-0.39, 0.29) is 5.91 Å². The van der Waals surface area contributed by atoms with Crippen LogP contribution in [0.5, 0.6) is 0 Å². The van der Waals surface area contributed by atoms with E-state index in [9.17, 15) is 4.79 Å². The van der Waals surface area contributed by atoms with Crippen LogP contribution in [0.25, 0.3) is 0 Å². The Morgan fingerprint density at radius 1 is 1.18 bits per heavy atom. The van der Waals surface area contributed by atoms with Crippen molar-refractivity contribution in [2.75, 3.05) is 33.2 Å². The van der Waals surface area contributed by atoms with E-state index < -0.39 is 0 Å². The maximum absolute atomic E-state index is 12.5. The van der Waals surface area contributed by atoms with E-state index in [1.165, 1.54) is 30.5 Å². The van der Waals surface area contributed by atoms with Gasteiger partial charge in [0.05, 0.1) is 0 Å². The average Bonchev–Trinajstić information content (AvgIpc) is 2.72. The van der Waals surface area contributed by atoms with Gasteiger partial charge < -0.3 is 9.80 Å². The van der Waals surface area contributed by atoms with Gasteiger partial charge in [0.2, 0.25) is 5.91 Å². The van der Waals surface area contributed by atoms with Gasteiger partial charge in [0, 0.05) is 45.0 Å². The fourth-order valence-corrected chi connectivity index (χ4v) is 4.13. The molecule has 0 N–H and O–H groups in total. The summed E-state index contributed by atoms with van der Waals surface area (Å²) in [7, 11) is 1.95. The largest absolute Gasteiger partial charge is 0.345 e. The number of aryl methyl sites for hydroxylation is 2. The standard InChI is InChI=1S/C24H33N3O/c1-20-8-3-4-10-22(20)14-17-27-16-7-9-21(19-27)18-26(2)24(28)13-12-23-11-5-6-15-25-23/h3-6,8,10-11,15,21H,7,9,12-14,16-19H2,1-2H3/t21-/m0/s1. The molecular weight excluding hydrogens is 346 g/mol. The summed E-state index contributed by atoms with van der Waals surface area (Å²) in [5.41, 5.74) is 3.82. The Hall–Kier alpha value is -2.20. The van der Waals surface area contributed by atoms with Gasteiger partial charge in [-0.05, 0) is 68.3 Å². The number of benzene rings is 1. The third kappa shape index (κ3) is 6.16. The lowest BCUT2D eigenvalue weighted by Gasteiger charge is -2.35. The van der Waals surface area contributed by atoms with Gasteiger partial charge in [-0.3, -0.25) is 9.78 Å². The first-order chi connectivity index (χ1) is 13.6. The van der Waals surface area contributed by atoms with Gasteiger partial charge in [0.1, 0.15) is 0 Å². The topological polar surface area (TPSA) is 36.4 Å². The first-order valence-electron chi connectivity index (χ1n) is 10.5. The molecule has 0 saturated carbocycles. The SMILES string of the molecule is Cc1ccccc1CCN1CCC[C@@H](CN(C)C(=O)CCc2ccccn2)C1. The van der Waals surface area contributed by atoms with Crippen LogP contribution in [0, 0.1) is 12.8 Å². The number of carbonyl (C=O) groups is 1. The molecule has 1 aliphatic rings. The van der Waals surface area contributed by atoms with E-state index in [1.54, 1.807) is 6.20 Å². The van der Waals surface area contributed by atoms with E-state index in [2.05, 4.69) is 41.1 Å². The average molecular weight is 380 g/mol. The minimum Gasteiger partial charge on any atom is -0.345 e. The molecular formula is C24H33N3O. The lowest BCUT2D eigenvalue weighted by atomic mass is 9.96. The summed E-state index contributed by atoms with van der Waals surface area (Å²) in [6.45, 7) is 6.45. The number of nitrogens with zero attached hydrogens (tertiary/aromatic N) is 3. The highest BCUT2D eigenvalue weighted by Crippen LogP contribution is 2.19. The van der Waals surface area contributed by atoms with Gasteiger partial charge >= 0.3 is 0 Å². The van der Waals surface area contributed by atoms with Crippen molar-refractivity contribution in [2.45, 2.75) is 39.0 Å². The summed E-state index contributed by atoms with van der Waals surface area (Å²) in [6, 6.07) is 14.5.